The third kappa shape index (κ3) is 1.91. The summed E-state index contributed by atoms with van der Waals surface area (Å²) in [5.41, 5.74) is 3.16. The van der Waals surface area contributed by atoms with Gasteiger partial charge in [0.1, 0.15) is 12.7 Å². The Hall–Kier alpha value is -2.42. The minimum atomic E-state index is 0.974. The van der Waals surface area contributed by atoms with E-state index >= 15 is 0 Å². The first-order chi connectivity index (χ1) is 8.84. The lowest BCUT2D eigenvalue weighted by molar-refractivity contribution is -0.748. The fourth-order valence-corrected chi connectivity index (χ4v) is 1.97. The maximum atomic E-state index is 4.63. The molecule has 0 amide bonds. The topological polar surface area (TPSA) is 21.7 Å². The van der Waals surface area contributed by atoms with Crippen molar-refractivity contribution in [1.29, 1.82) is 0 Å². The largest absolute Gasteiger partial charge is 0.249 e. The Morgan fingerprint density at radius 1 is 0.889 bits per heavy atom. The van der Waals surface area contributed by atoms with Gasteiger partial charge in [-0.1, -0.05) is 48.5 Å². The smallest absolute Gasteiger partial charge is 0.158 e. The minimum absolute atomic E-state index is 0.974. The minimum Gasteiger partial charge on any atom is -0.158 e. The number of hydrogen-bond donors (Lipinski definition) is 0. The lowest BCUT2D eigenvalue weighted by atomic mass is 10.2. The zero-order valence-corrected chi connectivity index (χ0v) is 10.2. The number of nitrogens with zero attached hydrogens (tertiary/aromatic N) is 3. The number of rotatable bonds is 2. The highest BCUT2D eigenvalue weighted by molar-refractivity contribution is 5.56. The van der Waals surface area contributed by atoms with Gasteiger partial charge in [-0.15, -0.1) is 0 Å². The summed E-state index contributed by atoms with van der Waals surface area (Å²) in [6.07, 6.45) is 2.03. The fraction of sp³-hybridized carbons (Fsp3) is 0.0667. The molecule has 3 nitrogen and oxygen atoms in total. The van der Waals surface area contributed by atoms with Crippen molar-refractivity contribution >= 4 is 0 Å². The van der Waals surface area contributed by atoms with Gasteiger partial charge in [0.05, 0.1) is 5.10 Å². The molecule has 2 aromatic carbocycles. The van der Waals surface area contributed by atoms with Crippen LogP contribution in [0.5, 0.6) is 0 Å². The highest BCUT2D eigenvalue weighted by Crippen LogP contribution is 2.15. The molecule has 0 spiro atoms. The van der Waals surface area contributed by atoms with Crippen molar-refractivity contribution in [1.82, 2.24) is 9.90 Å². The van der Waals surface area contributed by atoms with E-state index in [1.54, 1.807) is 0 Å². The van der Waals surface area contributed by atoms with Crippen LogP contribution in [0.25, 0.3) is 16.9 Å². The molecular weight excluding hydrogens is 222 g/mol. The molecule has 0 unspecified atom stereocenters. The van der Waals surface area contributed by atoms with Crippen LogP contribution in [0.2, 0.25) is 0 Å². The number of hydrogen-bond acceptors (Lipinski definition) is 1. The van der Waals surface area contributed by atoms with Gasteiger partial charge in [0, 0.05) is 5.56 Å². The Morgan fingerprint density at radius 2 is 1.50 bits per heavy atom. The van der Waals surface area contributed by atoms with Gasteiger partial charge in [-0.2, -0.15) is 4.68 Å². The number of aryl methyl sites for hydroxylation is 1. The molecule has 0 aliphatic rings. The Bertz CT molecular complexity index is 642. The van der Waals surface area contributed by atoms with E-state index < -0.39 is 0 Å². The summed E-state index contributed by atoms with van der Waals surface area (Å²) in [5.74, 6) is 0. The molecule has 0 bridgehead atoms. The number of benzene rings is 2. The van der Waals surface area contributed by atoms with Crippen LogP contribution in [0.15, 0.2) is 66.9 Å². The molecule has 88 valence electrons. The van der Waals surface area contributed by atoms with Gasteiger partial charge in [0.15, 0.2) is 6.20 Å². The molecule has 18 heavy (non-hydrogen) atoms. The molecule has 0 aliphatic heterocycles. The molecule has 0 aliphatic carbocycles. The van der Waals surface area contributed by atoms with Crippen LogP contribution in [0.4, 0.5) is 0 Å². The second-order valence-electron chi connectivity index (χ2n) is 4.18. The first-order valence-corrected chi connectivity index (χ1v) is 5.91. The van der Waals surface area contributed by atoms with Crippen LogP contribution in [-0.4, -0.2) is 9.90 Å². The van der Waals surface area contributed by atoms with Crippen molar-refractivity contribution in [3.05, 3.63) is 66.9 Å². The summed E-state index contributed by atoms with van der Waals surface area (Å²) in [6, 6.07) is 20.3. The Kier molecular flexibility index (Phi) is 2.65. The van der Waals surface area contributed by atoms with Gasteiger partial charge in [-0.3, -0.25) is 0 Å². The average molecular weight is 236 g/mol. The van der Waals surface area contributed by atoms with E-state index in [-0.39, 0.29) is 0 Å². The zero-order valence-electron chi connectivity index (χ0n) is 10.2. The standard InChI is InChI=1S/C15H14N3/c1-17-12-15(13-8-4-2-5-9-13)16-18(17)14-10-6-3-7-11-14/h2-12H,1H3/q+1. The first-order valence-electron chi connectivity index (χ1n) is 5.91. The maximum Gasteiger partial charge on any atom is 0.249 e. The summed E-state index contributed by atoms with van der Waals surface area (Å²) in [6.45, 7) is 0. The highest BCUT2D eigenvalue weighted by Gasteiger charge is 2.15. The zero-order chi connectivity index (χ0) is 12.4. The quantitative estimate of drug-likeness (QED) is 0.626. The van der Waals surface area contributed by atoms with E-state index in [4.69, 9.17) is 0 Å². The number of para-hydroxylation sites is 1. The Morgan fingerprint density at radius 3 is 2.17 bits per heavy atom. The molecule has 0 N–H and O–H groups in total. The molecule has 3 rings (SSSR count). The van der Waals surface area contributed by atoms with Crippen molar-refractivity contribution in [3.63, 3.8) is 0 Å². The van der Waals surface area contributed by atoms with Gasteiger partial charge < -0.3 is 0 Å². The predicted octanol–water partition coefficient (Wildman–Crippen LogP) is 2.36. The Labute approximate surface area is 106 Å². The maximum absolute atomic E-state index is 4.63. The summed E-state index contributed by atoms with van der Waals surface area (Å²) in [7, 11) is 1.99. The normalized spacial score (nSPS) is 10.5. The highest BCUT2D eigenvalue weighted by atomic mass is 15.5. The second kappa shape index (κ2) is 4.45. The lowest BCUT2D eigenvalue weighted by Crippen LogP contribution is -2.37. The molecule has 3 aromatic rings. The molecule has 0 radical (unpaired) electrons. The molecule has 3 heteroatoms. The molecule has 0 fully saturated rings. The van der Waals surface area contributed by atoms with Gasteiger partial charge in [0.2, 0.25) is 5.69 Å². The Balaban J connectivity index is 2.07. The van der Waals surface area contributed by atoms with Crippen molar-refractivity contribution in [2.45, 2.75) is 0 Å². The van der Waals surface area contributed by atoms with Crippen LogP contribution in [0.3, 0.4) is 0 Å². The third-order valence-corrected chi connectivity index (χ3v) is 2.87. The molecule has 0 atom stereocenters. The first kappa shape index (κ1) is 10.7. The van der Waals surface area contributed by atoms with Crippen molar-refractivity contribution in [2.75, 3.05) is 0 Å². The summed E-state index contributed by atoms with van der Waals surface area (Å²) in [4.78, 5) is 1.89. The van der Waals surface area contributed by atoms with E-state index in [1.165, 1.54) is 0 Å². The summed E-state index contributed by atoms with van der Waals surface area (Å²) < 4.78 is 1.98. The van der Waals surface area contributed by atoms with Gasteiger partial charge in [0.25, 0.3) is 0 Å². The summed E-state index contributed by atoms with van der Waals surface area (Å²) >= 11 is 0. The molecule has 0 saturated heterocycles. The number of aromatic nitrogens is 3. The SMILES string of the molecule is C[n+]1cc(-c2ccccc2)nn1-c1ccccc1. The van der Waals surface area contributed by atoms with E-state index in [0.29, 0.717) is 0 Å². The molecule has 1 heterocycles. The van der Waals surface area contributed by atoms with Crippen molar-refractivity contribution < 1.29 is 4.68 Å². The fourth-order valence-electron chi connectivity index (χ4n) is 1.97. The van der Waals surface area contributed by atoms with Crippen LogP contribution in [0.1, 0.15) is 0 Å². The predicted molar refractivity (Wildman–Crippen MR) is 70.2 cm³/mol. The lowest BCUT2D eigenvalue weighted by Gasteiger charge is -1.95. The van der Waals surface area contributed by atoms with Crippen LogP contribution in [-0.2, 0) is 7.05 Å². The van der Waals surface area contributed by atoms with Gasteiger partial charge >= 0.3 is 0 Å². The van der Waals surface area contributed by atoms with E-state index in [1.807, 2.05) is 71.3 Å². The molecule has 0 saturated carbocycles. The van der Waals surface area contributed by atoms with Crippen LogP contribution in [0, 0.1) is 0 Å². The monoisotopic (exact) mass is 236 g/mol. The molecule has 1 aromatic heterocycles. The van der Waals surface area contributed by atoms with Crippen LogP contribution >= 0.6 is 0 Å². The third-order valence-electron chi connectivity index (χ3n) is 2.87. The van der Waals surface area contributed by atoms with E-state index in [0.717, 1.165) is 16.9 Å². The van der Waals surface area contributed by atoms with Crippen molar-refractivity contribution in [3.8, 4) is 16.9 Å². The van der Waals surface area contributed by atoms with Crippen LogP contribution < -0.4 is 4.68 Å². The van der Waals surface area contributed by atoms with E-state index in [9.17, 15) is 0 Å². The second-order valence-corrected chi connectivity index (χ2v) is 4.18. The summed E-state index contributed by atoms with van der Waals surface area (Å²) in [5, 5.41) is 4.63. The van der Waals surface area contributed by atoms with Crippen molar-refractivity contribution in [2.24, 2.45) is 7.05 Å². The van der Waals surface area contributed by atoms with Gasteiger partial charge in [-0.25, -0.2) is 0 Å². The van der Waals surface area contributed by atoms with E-state index in [2.05, 4.69) is 17.2 Å². The molecular formula is C15H14N3+. The average Bonchev–Trinajstić information content (AvgIpc) is 2.83. The van der Waals surface area contributed by atoms with Gasteiger partial charge in [-0.05, 0) is 16.9 Å².